The van der Waals surface area contributed by atoms with Gasteiger partial charge in [-0.25, -0.2) is 0 Å². The monoisotopic (exact) mass is 357 g/mol. The molecule has 1 unspecified atom stereocenters. The zero-order chi connectivity index (χ0) is 18.5. The Morgan fingerprint density at radius 1 is 0.889 bits per heavy atom. The van der Waals surface area contributed by atoms with E-state index in [1.165, 1.54) is 22.3 Å². The van der Waals surface area contributed by atoms with Gasteiger partial charge in [0.1, 0.15) is 0 Å². The Bertz CT molecular complexity index is 835. The molecule has 27 heavy (non-hydrogen) atoms. The van der Waals surface area contributed by atoms with Gasteiger partial charge in [-0.05, 0) is 53.9 Å². The normalized spacial score (nSPS) is 20.0. The van der Waals surface area contributed by atoms with Gasteiger partial charge in [0.15, 0.2) is 0 Å². The van der Waals surface area contributed by atoms with Gasteiger partial charge in [0.2, 0.25) is 5.91 Å². The minimum atomic E-state index is 0.317. The van der Waals surface area contributed by atoms with Gasteiger partial charge in [-0.3, -0.25) is 4.79 Å². The zero-order valence-corrected chi connectivity index (χ0v) is 15.8. The highest BCUT2D eigenvalue weighted by Crippen LogP contribution is 2.33. The van der Waals surface area contributed by atoms with Crippen molar-refractivity contribution in [3.8, 4) is 0 Å². The lowest BCUT2D eigenvalue weighted by atomic mass is 9.83. The van der Waals surface area contributed by atoms with E-state index in [4.69, 9.17) is 0 Å². The third-order valence-corrected chi connectivity index (χ3v) is 5.79. The summed E-state index contributed by atoms with van der Waals surface area (Å²) < 4.78 is 0. The molecule has 0 radical (unpaired) electrons. The molecule has 0 saturated carbocycles. The average Bonchev–Trinajstić information content (AvgIpc) is 2.75. The molecule has 138 valence electrons. The van der Waals surface area contributed by atoms with Crippen molar-refractivity contribution in [3.63, 3.8) is 0 Å². The first-order chi connectivity index (χ1) is 13.3. The second-order valence-corrected chi connectivity index (χ2v) is 7.63. The number of carbonyl (C=O) groups is 1. The van der Waals surface area contributed by atoms with E-state index in [1.807, 2.05) is 11.0 Å². The van der Waals surface area contributed by atoms with Gasteiger partial charge >= 0.3 is 0 Å². The molecule has 0 saturated heterocycles. The lowest BCUT2D eigenvalue weighted by molar-refractivity contribution is -0.131. The van der Waals surface area contributed by atoms with Crippen LogP contribution < -0.4 is 0 Å². The van der Waals surface area contributed by atoms with Crippen molar-refractivity contribution in [2.45, 2.75) is 32.1 Å². The second kappa shape index (κ2) is 8.39. The molecule has 2 heteroatoms. The highest BCUT2D eigenvalue weighted by molar-refractivity contribution is 5.79. The molecule has 2 nitrogen and oxygen atoms in total. The molecule has 1 heterocycles. The van der Waals surface area contributed by atoms with Crippen LogP contribution in [0.5, 0.6) is 0 Å². The van der Waals surface area contributed by atoms with E-state index in [9.17, 15) is 4.79 Å². The largest absolute Gasteiger partial charge is 0.339 e. The smallest absolute Gasteiger partial charge is 0.223 e. The number of rotatable bonds is 4. The number of hydrogen-bond acceptors (Lipinski definition) is 1. The topological polar surface area (TPSA) is 20.3 Å². The molecule has 0 N–H and O–H groups in total. The van der Waals surface area contributed by atoms with Crippen molar-refractivity contribution in [2.24, 2.45) is 5.92 Å². The number of nitrogens with zero attached hydrogens (tertiary/aromatic N) is 1. The second-order valence-electron chi connectivity index (χ2n) is 7.63. The maximum atomic E-state index is 12.8. The molecule has 2 aromatic carbocycles. The standard InChI is InChI=1S/C25H27NO/c27-25(26-16-14-23(15-17-26)21-9-3-1-4-10-21)19-20-8-7-13-24(18-20)22-11-5-2-6-12-22/h1-6,9-14,20H,7-8,15-19H2. The third-order valence-electron chi connectivity index (χ3n) is 5.79. The number of benzene rings is 2. The quantitative estimate of drug-likeness (QED) is 0.700. The molecular formula is C25H27NO. The van der Waals surface area contributed by atoms with Crippen molar-refractivity contribution in [3.05, 3.63) is 83.9 Å². The molecule has 4 rings (SSSR count). The lowest BCUT2D eigenvalue weighted by Crippen LogP contribution is -2.35. The van der Waals surface area contributed by atoms with Gasteiger partial charge in [-0.1, -0.05) is 72.8 Å². The van der Waals surface area contributed by atoms with Crippen molar-refractivity contribution < 1.29 is 4.79 Å². The fourth-order valence-electron chi connectivity index (χ4n) is 4.24. The first kappa shape index (κ1) is 17.8. The van der Waals surface area contributed by atoms with Crippen LogP contribution in [0.15, 0.2) is 72.8 Å². The molecule has 2 aliphatic rings. The van der Waals surface area contributed by atoms with Crippen LogP contribution in [0.3, 0.4) is 0 Å². The SMILES string of the molecule is O=C(CC1CCC=C(c2ccccc2)C1)N1CC=C(c2ccccc2)CC1. The molecule has 1 amide bonds. The summed E-state index contributed by atoms with van der Waals surface area (Å²) in [7, 11) is 0. The summed E-state index contributed by atoms with van der Waals surface area (Å²) in [6, 6.07) is 21.1. The van der Waals surface area contributed by atoms with E-state index < -0.39 is 0 Å². The number of carbonyl (C=O) groups excluding carboxylic acids is 1. The van der Waals surface area contributed by atoms with Gasteiger partial charge < -0.3 is 4.90 Å². The molecule has 2 aromatic rings. The fraction of sp³-hybridized carbons (Fsp3) is 0.320. The molecule has 0 aromatic heterocycles. The summed E-state index contributed by atoms with van der Waals surface area (Å²) in [5.41, 5.74) is 5.37. The number of hydrogen-bond donors (Lipinski definition) is 0. The van der Waals surface area contributed by atoms with Gasteiger partial charge in [0.05, 0.1) is 0 Å². The predicted molar refractivity (Wildman–Crippen MR) is 112 cm³/mol. The predicted octanol–water partition coefficient (Wildman–Crippen LogP) is 5.58. The van der Waals surface area contributed by atoms with Crippen LogP contribution >= 0.6 is 0 Å². The molecule has 0 spiro atoms. The minimum absolute atomic E-state index is 0.317. The van der Waals surface area contributed by atoms with E-state index in [1.54, 1.807) is 0 Å². The van der Waals surface area contributed by atoms with Gasteiger partial charge in [-0.2, -0.15) is 0 Å². The van der Waals surface area contributed by atoms with Crippen LogP contribution in [0.2, 0.25) is 0 Å². The Balaban J connectivity index is 1.34. The summed E-state index contributed by atoms with van der Waals surface area (Å²) in [5.74, 6) is 0.787. The zero-order valence-electron chi connectivity index (χ0n) is 15.8. The summed E-state index contributed by atoms with van der Waals surface area (Å²) in [6.45, 7) is 1.59. The fourth-order valence-corrected chi connectivity index (χ4v) is 4.24. The Kier molecular flexibility index (Phi) is 5.53. The highest BCUT2D eigenvalue weighted by Gasteiger charge is 2.24. The van der Waals surface area contributed by atoms with Crippen LogP contribution in [0.1, 0.15) is 43.2 Å². The Morgan fingerprint density at radius 3 is 2.19 bits per heavy atom. The summed E-state index contributed by atoms with van der Waals surface area (Å²) in [5, 5.41) is 0. The molecular weight excluding hydrogens is 330 g/mol. The Morgan fingerprint density at radius 2 is 1.56 bits per heavy atom. The van der Waals surface area contributed by atoms with Gasteiger partial charge in [0, 0.05) is 19.5 Å². The van der Waals surface area contributed by atoms with Gasteiger partial charge in [0.25, 0.3) is 0 Å². The average molecular weight is 357 g/mol. The van der Waals surface area contributed by atoms with E-state index in [2.05, 4.69) is 66.7 Å². The molecule has 1 aliphatic heterocycles. The van der Waals surface area contributed by atoms with E-state index >= 15 is 0 Å². The maximum Gasteiger partial charge on any atom is 0.223 e. The van der Waals surface area contributed by atoms with Crippen molar-refractivity contribution in [1.82, 2.24) is 4.90 Å². The van der Waals surface area contributed by atoms with Crippen LogP contribution in [0.25, 0.3) is 11.1 Å². The van der Waals surface area contributed by atoms with Crippen LogP contribution in [0, 0.1) is 5.92 Å². The first-order valence-corrected chi connectivity index (χ1v) is 10.1. The van der Waals surface area contributed by atoms with Crippen LogP contribution in [-0.2, 0) is 4.79 Å². The molecule has 0 bridgehead atoms. The van der Waals surface area contributed by atoms with Crippen molar-refractivity contribution >= 4 is 17.1 Å². The molecule has 1 atom stereocenters. The molecule has 1 aliphatic carbocycles. The third kappa shape index (κ3) is 4.39. The van der Waals surface area contributed by atoms with Crippen LogP contribution in [-0.4, -0.2) is 23.9 Å². The van der Waals surface area contributed by atoms with E-state index in [-0.39, 0.29) is 0 Å². The van der Waals surface area contributed by atoms with Crippen LogP contribution in [0.4, 0.5) is 0 Å². The summed E-state index contributed by atoms with van der Waals surface area (Å²) in [4.78, 5) is 14.9. The Labute approximate surface area is 162 Å². The number of allylic oxidation sites excluding steroid dienone is 2. The number of amides is 1. The first-order valence-electron chi connectivity index (χ1n) is 10.1. The highest BCUT2D eigenvalue weighted by atomic mass is 16.2. The Hall–Kier alpha value is -2.61. The lowest BCUT2D eigenvalue weighted by Gasteiger charge is -2.29. The maximum absolute atomic E-state index is 12.8. The van der Waals surface area contributed by atoms with E-state index in [0.29, 0.717) is 18.2 Å². The minimum Gasteiger partial charge on any atom is -0.339 e. The summed E-state index contributed by atoms with van der Waals surface area (Å²) >= 11 is 0. The van der Waals surface area contributed by atoms with Crippen molar-refractivity contribution in [2.75, 3.05) is 13.1 Å². The van der Waals surface area contributed by atoms with Gasteiger partial charge in [-0.15, -0.1) is 0 Å². The summed E-state index contributed by atoms with van der Waals surface area (Å²) in [6.07, 6.45) is 9.45. The van der Waals surface area contributed by atoms with Crippen molar-refractivity contribution in [1.29, 1.82) is 0 Å². The van der Waals surface area contributed by atoms with E-state index in [0.717, 1.165) is 38.8 Å². The molecule has 0 fully saturated rings.